The van der Waals surface area contributed by atoms with E-state index >= 15 is 0 Å². The quantitative estimate of drug-likeness (QED) is 0.301. The maximum atomic E-state index is 14.8. The highest BCUT2D eigenvalue weighted by atomic mass is 35.5. The minimum absolute atomic E-state index is 0.0408. The molecule has 1 atom stereocenters. The summed E-state index contributed by atoms with van der Waals surface area (Å²) in [5, 5.41) is 16.9. The van der Waals surface area contributed by atoms with E-state index in [0.717, 1.165) is 38.5 Å². The van der Waals surface area contributed by atoms with Gasteiger partial charge in [-0.2, -0.15) is 4.98 Å². The number of carboxylic acid groups (broad SMARTS) is 1. The van der Waals surface area contributed by atoms with E-state index in [1.807, 2.05) is 6.92 Å². The van der Waals surface area contributed by atoms with Gasteiger partial charge in [0.25, 0.3) is 5.56 Å². The molecule has 3 aliphatic rings. The Bertz CT molecular complexity index is 1710. The zero-order valence-electron chi connectivity index (χ0n) is 22.3. The highest BCUT2D eigenvalue weighted by Crippen LogP contribution is 2.57. The summed E-state index contributed by atoms with van der Waals surface area (Å²) in [6.45, 7) is 3.57. The highest BCUT2D eigenvalue weighted by molar-refractivity contribution is 6.29. The Labute approximate surface area is 233 Å². The summed E-state index contributed by atoms with van der Waals surface area (Å²) in [4.78, 5) is 38.9. The van der Waals surface area contributed by atoms with E-state index in [9.17, 15) is 19.1 Å². The lowest BCUT2D eigenvalue weighted by Crippen LogP contribution is -2.49. The van der Waals surface area contributed by atoms with E-state index < -0.39 is 17.8 Å². The van der Waals surface area contributed by atoms with E-state index in [-0.39, 0.29) is 38.3 Å². The molecule has 208 valence electrons. The highest BCUT2D eigenvalue weighted by Gasteiger charge is 2.54. The molecular formula is C28H28ClFN6O4. The van der Waals surface area contributed by atoms with Crippen molar-refractivity contribution in [2.75, 3.05) is 5.32 Å². The molecule has 12 heteroatoms. The molecule has 0 spiro atoms. The smallest absolute Gasteiger partial charge is 0.356 e. The first-order valence-corrected chi connectivity index (χ1v) is 13.6. The Morgan fingerprint density at radius 2 is 1.80 bits per heavy atom. The van der Waals surface area contributed by atoms with Gasteiger partial charge in [-0.15, -0.1) is 0 Å². The van der Waals surface area contributed by atoms with Crippen LogP contribution in [0.3, 0.4) is 0 Å². The predicted octanol–water partition coefficient (Wildman–Crippen LogP) is 5.23. The Hall–Kier alpha value is -3.86. The van der Waals surface area contributed by atoms with E-state index in [1.54, 1.807) is 18.5 Å². The van der Waals surface area contributed by atoms with Crippen LogP contribution in [-0.4, -0.2) is 35.8 Å². The van der Waals surface area contributed by atoms with Crippen molar-refractivity contribution in [3.8, 4) is 0 Å². The number of hydrogen-bond acceptors (Lipinski definition) is 8. The molecule has 10 nitrogen and oxygen atoms in total. The lowest BCUT2D eigenvalue weighted by molar-refractivity contribution is 0.0683. The Morgan fingerprint density at radius 1 is 1.12 bits per heavy atom. The fraction of sp³-hybridized carbons (Fsp3) is 0.429. The number of fused-ring (bicyclic) bond motifs is 4. The number of nitrogens with zero attached hydrogens (tertiary/aromatic N) is 5. The Kier molecular flexibility index (Phi) is 6.17. The molecular weight excluding hydrogens is 539 g/mol. The summed E-state index contributed by atoms with van der Waals surface area (Å²) in [6, 6.07) is 4.92. The molecule has 0 unspecified atom stereocenters. The number of carbonyl (C=O) groups is 1. The molecule has 0 saturated heterocycles. The van der Waals surface area contributed by atoms with Crippen molar-refractivity contribution in [1.29, 1.82) is 0 Å². The number of pyridine rings is 1. The van der Waals surface area contributed by atoms with Crippen LogP contribution in [0.1, 0.15) is 85.1 Å². The van der Waals surface area contributed by atoms with Crippen LogP contribution >= 0.6 is 11.6 Å². The van der Waals surface area contributed by atoms with Crippen LogP contribution in [0.2, 0.25) is 5.15 Å². The average Bonchev–Trinajstić information content (AvgIpc) is 3.39. The van der Waals surface area contributed by atoms with Gasteiger partial charge in [0.2, 0.25) is 5.89 Å². The van der Waals surface area contributed by atoms with Gasteiger partial charge in [0, 0.05) is 23.4 Å². The minimum atomic E-state index is -1.25. The van der Waals surface area contributed by atoms with Crippen molar-refractivity contribution in [3.05, 3.63) is 74.4 Å². The number of hydrogen-bond donors (Lipinski definition) is 2. The van der Waals surface area contributed by atoms with Crippen molar-refractivity contribution in [3.63, 3.8) is 0 Å². The van der Waals surface area contributed by atoms with Gasteiger partial charge in [-0.05, 0) is 76.6 Å². The van der Waals surface area contributed by atoms with Crippen molar-refractivity contribution in [1.82, 2.24) is 24.7 Å². The molecule has 2 N–H and O–H groups in total. The third kappa shape index (κ3) is 4.14. The largest absolute Gasteiger partial charge is 0.476 e. The van der Waals surface area contributed by atoms with Crippen LogP contribution < -0.4 is 10.9 Å². The molecule has 3 heterocycles. The third-order valence-electron chi connectivity index (χ3n) is 8.78. The molecule has 2 bridgehead atoms. The number of anilines is 1. The van der Waals surface area contributed by atoms with Gasteiger partial charge < -0.3 is 14.9 Å². The molecule has 7 rings (SSSR count). The van der Waals surface area contributed by atoms with Crippen LogP contribution in [0.4, 0.5) is 10.1 Å². The van der Waals surface area contributed by atoms with E-state index in [2.05, 4.69) is 20.4 Å². The summed E-state index contributed by atoms with van der Waals surface area (Å²) in [5.41, 5.74) is 0.0141. The average molecular weight is 567 g/mol. The summed E-state index contributed by atoms with van der Waals surface area (Å²) < 4.78 is 22.0. The predicted molar refractivity (Wildman–Crippen MR) is 145 cm³/mol. The lowest BCUT2D eigenvalue weighted by atomic mass is 9.53. The normalized spacial score (nSPS) is 22.9. The number of aryl methyl sites for hydroxylation is 1. The van der Waals surface area contributed by atoms with Crippen molar-refractivity contribution in [2.45, 2.75) is 69.2 Å². The summed E-state index contributed by atoms with van der Waals surface area (Å²) in [7, 11) is 1.70. The maximum Gasteiger partial charge on any atom is 0.356 e. The zero-order chi connectivity index (χ0) is 28.4. The molecule has 0 radical (unpaired) electrons. The van der Waals surface area contributed by atoms with Crippen LogP contribution in [0.5, 0.6) is 0 Å². The van der Waals surface area contributed by atoms with Gasteiger partial charge in [-0.3, -0.25) is 9.36 Å². The van der Waals surface area contributed by atoms with Gasteiger partial charge in [-0.25, -0.2) is 19.2 Å². The fourth-order valence-electron chi connectivity index (χ4n) is 6.55. The van der Waals surface area contributed by atoms with Crippen LogP contribution in [0.15, 0.2) is 33.6 Å². The Balaban J connectivity index is 1.41. The maximum absolute atomic E-state index is 14.8. The molecule has 1 aromatic carbocycles. The van der Waals surface area contributed by atoms with E-state index in [4.69, 9.17) is 21.1 Å². The topological polar surface area (TPSA) is 136 Å². The van der Waals surface area contributed by atoms with Gasteiger partial charge in [0.05, 0.1) is 22.6 Å². The van der Waals surface area contributed by atoms with Crippen LogP contribution in [0, 0.1) is 12.7 Å². The first kappa shape index (κ1) is 26.4. The number of carboxylic acids is 1. The number of benzene rings is 1. The molecule has 3 fully saturated rings. The Morgan fingerprint density at radius 3 is 2.42 bits per heavy atom. The second kappa shape index (κ2) is 9.36. The van der Waals surface area contributed by atoms with E-state index in [0.29, 0.717) is 28.6 Å². The standard InChI is InChI=1S/C28H28ClFN6O4/c1-14(31-19-4-5-20(29)33-22(19)24(38)39)17-12-16(30)13-18-21(17)34-25(36(3)23(18)37)27-6-9-28(10-7-27,11-8-27)26-32-15(2)35-40-26/h4-5,12-14,31H,6-11H2,1-3H3,(H,38,39)/t14-,27?,28?/m1/s1. The first-order valence-electron chi connectivity index (χ1n) is 13.2. The molecule has 3 aliphatic carbocycles. The van der Waals surface area contributed by atoms with Gasteiger partial charge in [0.1, 0.15) is 16.8 Å². The number of rotatable bonds is 6. The second-order valence-electron chi connectivity index (χ2n) is 11.1. The molecule has 40 heavy (non-hydrogen) atoms. The molecule has 0 aliphatic heterocycles. The van der Waals surface area contributed by atoms with Crippen molar-refractivity contribution in [2.24, 2.45) is 7.05 Å². The molecule has 3 saturated carbocycles. The van der Waals surface area contributed by atoms with Crippen molar-refractivity contribution < 1.29 is 18.8 Å². The minimum Gasteiger partial charge on any atom is -0.476 e. The lowest BCUT2D eigenvalue weighted by Gasteiger charge is -2.51. The van der Waals surface area contributed by atoms with Gasteiger partial charge >= 0.3 is 5.97 Å². The summed E-state index contributed by atoms with van der Waals surface area (Å²) in [6.07, 6.45) is 4.96. The monoisotopic (exact) mass is 566 g/mol. The second-order valence-corrected chi connectivity index (χ2v) is 11.5. The number of aromatic carboxylic acids is 1. The number of aromatic nitrogens is 5. The molecule has 3 aromatic heterocycles. The number of halogens is 2. The summed E-state index contributed by atoms with van der Waals surface area (Å²) >= 11 is 5.90. The van der Waals surface area contributed by atoms with Gasteiger partial charge in [0.15, 0.2) is 11.5 Å². The van der Waals surface area contributed by atoms with Crippen molar-refractivity contribution >= 4 is 34.2 Å². The van der Waals surface area contributed by atoms with Crippen LogP contribution in [-0.2, 0) is 17.9 Å². The van der Waals surface area contributed by atoms with Crippen LogP contribution in [0.25, 0.3) is 10.9 Å². The molecule has 0 amide bonds. The first-order chi connectivity index (χ1) is 19.0. The van der Waals surface area contributed by atoms with E-state index in [1.165, 1.54) is 24.3 Å². The SMILES string of the molecule is Cc1noc(C23CCC(c4nc5c([C@@H](C)Nc6ccc(Cl)nc6C(=O)O)cc(F)cc5c(=O)n4C)(CC2)CC3)n1. The summed E-state index contributed by atoms with van der Waals surface area (Å²) in [5.74, 6) is 0.158. The zero-order valence-corrected chi connectivity index (χ0v) is 23.0. The van der Waals surface area contributed by atoms with Gasteiger partial charge in [-0.1, -0.05) is 16.8 Å². The molecule has 4 aromatic rings. The fourth-order valence-corrected chi connectivity index (χ4v) is 6.70. The number of nitrogens with one attached hydrogen (secondary N) is 1. The third-order valence-corrected chi connectivity index (χ3v) is 8.99.